The van der Waals surface area contributed by atoms with Gasteiger partial charge in [0, 0.05) is 31.9 Å². The van der Waals surface area contributed by atoms with Crippen LogP contribution in [0.4, 0.5) is 0 Å². The maximum Gasteiger partial charge on any atom is 0.0676 e. The average molecular weight is 196 g/mol. The van der Waals surface area contributed by atoms with E-state index in [-0.39, 0.29) is 0 Å². The van der Waals surface area contributed by atoms with Gasteiger partial charge in [0.2, 0.25) is 0 Å². The van der Waals surface area contributed by atoms with Crippen LogP contribution in [0.1, 0.15) is 11.4 Å². The van der Waals surface area contributed by atoms with Crippen LogP contribution in [0.15, 0.2) is 0 Å². The zero-order valence-corrected chi connectivity index (χ0v) is 9.13. The molecule has 1 saturated heterocycles. The minimum Gasteiger partial charge on any atom is -0.379 e. The molecule has 79 valence electrons. The average Bonchev–Trinajstić information content (AvgIpc) is 2.48. The summed E-state index contributed by atoms with van der Waals surface area (Å²) >= 11 is 0. The molecule has 14 heavy (non-hydrogen) atoms. The molecule has 1 aromatic heterocycles. The number of nitrogens with zero attached hydrogens (tertiary/aromatic N) is 2. The first-order chi connectivity index (χ1) is 6.70. The third-order valence-electron chi connectivity index (χ3n) is 1.99. The molecule has 4 nitrogen and oxygen atoms in total. The SMILES string of the molecule is C1COCCN1.Cc1[c]c(C)n(C)n1. The summed E-state index contributed by atoms with van der Waals surface area (Å²) in [5.41, 5.74) is 2.05. The Morgan fingerprint density at radius 3 is 2.14 bits per heavy atom. The fourth-order valence-electron chi connectivity index (χ4n) is 1.18. The Kier molecular flexibility index (Phi) is 4.62. The lowest BCUT2D eigenvalue weighted by Crippen LogP contribution is -2.30. The number of aromatic nitrogens is 2. The summed E-state index contributed by atoms with van der Waals surface area (Å²) in [6.07, 6.45) is 0. The van der Waals surface area contributed by atoms with Crippen LogP contribution < -0.4 is 5.32 Å². The van der Waals surface area contributed by atoms with Crippen molar-refractivity contribution in [3.05, 3.63) is 17.5 Å². The number of morpholine rings is 1. The standard InChI is InChI=1S/C6H9N2.C4H9NO/c1-5-4-6(2)8(3)7-5;1-3-6-4-2-5-1/h1-3H3;5H,1-4H2. The Balaban J connectivity index is 0.000000146. The van der Waals surface area contributed by atoms with Gasteiger partial charge in [0.1, 0.15) is 0 Å². The summed E-state index contributed by atoms with van der Waals surface area (Å²) < 4.78 is 6.82. The summed E-state index contributed by atoms with van der Waals surface area (Å²) in [7, 11) is 1.92. The van der Waals surface area contributed by atoms with Gasteiger partial charge in [-0.05, 0) is 13.8 Å². The Morgan fingerprint density at radius 2 is 2.00 bits per heavy atom. The van der Waals surface area contributed by atoms with E-state index in [9.17, 15) is 0 Å². The van der Waals surface area contributed by atoms with Crippen molar-refractivity contribution < 1.29 is 4.74 Å². The van der Waals surface area contributed by atoms with E-state index in [0.29, 0.717) is 0 Å². The molecule has 2 rings (SSSR count). The molecular formula is C10H18N3O. The summed E-state index contributed by atoms with van der Waals surface area (Å²) in [6.45, 7) is 7.76. The van der Waals surface area contributed by atoms with Gasteiger partial charge in [-0.3, -0.25) is 4.68 Å². The van der Waals surface area contributed by atoms with Crippen molar-refractivity contribution in [2.75, 3.05) is 26.3 Å². The summed E-state index contributed by atoms with van der Waals surface area (Å²) in [5.74, 6) is 0. The van der Waals surface area contributed by atoms with Gasteiger partial charge < -0.3 is 10.1 Å². The Hall–Kier alpha value is -0.870. The molecule has 1 fully saturated rings. The zero-order valence-electron chi connectivity index (χ0n) is 9.13. The van der Waals surface area contributed by atoms with E-state index in [2.05, 4.69) is 16.5 Å². The van der Waals surface area contributed by atoms with Crippen LogP contribution in [-0.4, -0.2) is 36.1 Å². The van der Waals surface area contributed by atoms with E-state index in [1.807, 2.05) is 25.6 Å². The van der Waals surface area contributed by atoms with Crippen molar-refractivity contribution in [2.24, 2.45) is 7.05 Å². The molecule has 0 spiro atoms. The van der Waals surface area contributed by atoms with E-state index < -0.39 is 0 Å². The van der Waals surface area contributed by atoms with Crippen molar-refractivity contribution in [3.8, 4) is 0 Å². The smallest absolute Gasteiger partial charge is 0.0676 e. The monoisotopic (exact) mass is 196 g/mol. The van der Waals surface area contributed by atoms with Gasteiger partial charge >= 0.3 is 0 Å². The first-order valence-corrected chi connectivity index (χ1v) is 4.88. The van der Waals surface area contributed by atoms with Crippen molar-refractivity contribution in [3.63, 3.8) is 0 Å². The second-order valence-electron chi connectivity index (χ2n) is 3.28. The lowest BCUT2D eigenvalue weighted by molar-refractivity contribution is 0.109. The maximum absolute atomic E-state index is 5.01. The highest BCUT2D eigenvalue weighted by Crippen LogP contribution is 1.95. The molecule has 0 bridgehead atoms. The van der Waals surface area contributed by atoms with Crippen LogP contribution in [0.5, 0.6) is 0 Å². The predicted octanol–water partition coefficient (Wildman–Crippen LogP) is 0.443. The molecule has 1 radical (unpaired) electrons. The van der Waals surface area contributed by atoms with Crippen LogP contribution in [0.25, 0.3) is 0 Å². The minimum atomic E-state index is 0.889. The van der Waals surface area contributed by atoms with Crippen molar-refractivity contribution in [1.29, 1.82) is 0 Å². The van der Waals surface area contributed by atoms with Crippen molar-refractivity contribution in [2.45, 2.75) is 13.8 Å². The lowest BCUT2D eigenvalue weighted by atomic mass is 10.4. The zero-order chi connectivity index (χ0) is 10.4. The molecule has 1 aliphatic heterocycles. The summed E-state index contributed by atoms with van der Waals surface area (Å²) in [5, 5.41) is 7.23. The topological polar surface area (TPSA) is 39.1 Å². The highest BCUT2D eigenvalue weighted by molar-refractivity contribution is 5.02. The largest absolute Gasteiger partial charge is 0.379 e. The molecule has 4 heteroatoms. The second kappa shape index (κ2) is 5.78. The molecule has 1 aromatic rings. The molecule has 1 aliphatic rings. The normalized spacial score (nSPS) is 15.9. The third-order valence-corrected chi connectivity index (χ3v) is 1.99. The molecule has 1 N–H and O–H groups in total. The number of aryl methyl sites for hydroxylation is 3. The first-order valence-electron chi connectivity index (χ1n) is 4.88. The van der Waals surface area contributed by atoms with E-state index in [4.69, 9.17) is 4.74 Å². The Labute approximate surface area is 85.3 Å². The van der Waals surface area contributed by atoms with E-state index in [1.54, 1.807) is 0 Å². The fraction of sp³-hybridized carbons (Fsp3) is 0.700. The number of hydrogen-bond acceptors (Lipinski definition) is 3. The van der Waals surface area contributed by atoms with Crippen LogP contribution in [0, 0.1) is 19.9 Å². The van der Waals surface area contributed by atoms with Gasteiger partial charge in [-0.1, -0.05) is 0 Å². The molecule has 2 heterocycles. The van der Waals surface area contributed by atoms with Gasteiger partial charge in [0.05, 0.1) is 18.9 Å². The summed E-state index contributed by atoms with van der Waals surface area (Å²) in [6, 6.07) is 3.06. The van der Waals surface area contributed by atoms with Crippen molar-refractivity contribution >= 4 is 0 Å². The van der Waals surface area contributed by atoms with Crippen LogP contribution in [0.3, 0.4) is 0 Å². The molecule has 0 saturated carbocycles. The van der Waals surface area contributed by atoms with Gasteiger partial charge in [-0.2, -0.15) is 5.10 Å². The second-order valence-corrected chi connectivity index (χ2v) is 3.28. The predicted molar refractivity (Wildman–Crippen MR) is 55.2 cm³/mol. The molecule has 0 atom stereocenters. The molecule has 0 aliphatic carbocycles. The van der Waals surface area contributed by atoms with Gasteiger partial charge in [0.25, 0.3) is 0 Å². The van der Waals surface area contributed by atoms with Crippen LogP contribution >= 0.6 is 0 Å². The lowest BCUT2D eigenvalue weighted by Gasteiger charge is -2.10. The third kappa shape index (κ3) is 3.89. The Morgan fingerprint density at radius 1 is 1.36 bits per heavy atom. The van der Waals surface area contributed by atoms with E-state index in [0.717, 1.165) is 37.7 Å². The summed E-state index contributed by atoms with van der Waals surface area (Å²) in [4.78, 5) is 0. The van der Waals surface area contributed by atoms with E-state index >= 15 is 0 Å². The first kappa shape index (κ1) is 11.2. The quantitative estimate of drug-likeness (QED) is 0.654. The molecular weight excluding hydrogens is 178 g/mol. The highest BCUT2D eigenvalue weighted by atomic mass is 16.5. The van der Waals surface area contributed by atoms with Gasteiger partial charge in [0.15, 0.2) is 0 Å². The molecule has 0 unspecified atom stereocenters. The molecule has 0 amide bonds. The maximum atomic E-state index is 5.01. The minimum absolute atomic E-state index is 0.889. The highest BCUT2D eigenvalue weighted by Gasteiger charge is 1.93. The van der Waals surface area contributed by atoms with E-state index in [1.165, 1.54) is 0 Å². The number of ether oxygens (including phenoxy) is 1. The van der Waals surface area contributed by atoms with Crippen LogP contribution in [0.2, 0.25) is 0 Å². The Bertz CT molecular complexity index is 235. The fourth-order valence-corrected chi connectivity index (χ4v) is 1.18. The number of hydrogen-bond donors (Lipinski definition) is 1. The van der Waals surface area contributed by atoms with Gasteiger partial charge in [-0.15, -0.1) is 0 Å². The number of nitrogens with one attached hydrogen (secondary N) is 1. The molecule has 0 aromatic carbocycles. The van der Waals surface area contributed by atoms with Gasteiger partial charge in [-0.25, -0.2) is 0 Å². The number of rotatable bonds is 0. The van der Waals surface area contributed by atoms with Crippen LogP contribution in [-0.2, 0) is 11.8 Å². The van der Waals surface area contributed by atoms with Crippen molar-refractivity contribution in [1.82, 2.24) is 15.1 Å².